The molecule has 0 saturated carbocycles. The Kier molecular flexibility index (Phi) is 6.59. The Labute approximate surface area is 213 Å². The minimum absolute atomic E-state index is 0.0891. The average Bonchev–Trinajstić information content (AvgIpc) is 3.23. The number of hydrogen-bond acceptors (Lipinski definition) is 6. The highest BCUT2D eigenvalue weighted by atomic mass is 19.1. The second kappa shape index (κ2) is 9.85. The molecule has 0 unspecified atom stereocenters. The number of fused-ring (bicyclic) bond motifs is 1. The average molecular weight is 506 g/mol. The number of hydrogen-bond donors (Lipinski definition) is 2. The van der Waals surface area contributed by atoms with Gasteiger partial charge in [-0.2, -0.15) is 5.10 Å². The first-order valence-electron chi connectivity index (χ1n) is 12.2. The van der Waals surface area contributed by atoms with E-state index in [4.69, 9.17) is 5.73 Å². The first-order valence-corrected chi connectivity index (χ1v) is 12.2. The minimum atomic E-state index is -0.659. The number of amides is 1. The lowest BCUT2D eigenvalue weighted by Crippen LogP contribution is -2.61. The van der Waals surface area contributed by atoms with Gasteiger partial charge in [-0.3, -0.25) is 9.78 Å². The van der Waals surface area contributed by atoms with Crippen LogP contribution in [0.3, 0.4) is 0 Å². The second-order valence-electron chi connectivity index (χ2n) is 9.79. The highest BCUT2D eigenvalue weighted by molar-refractivity contribution is 5.73. The summed E-state index contributed by atoms with van der Waals surface area (Å²) in [6, 6.07) is 7.54. The van der Waals surface area contributed by atoms with Crippen LogP contribution in [0.4, 0.5) is 14.5 Å². The molecule has 3 N–H and O–H groups in total. The monoisotopic (exact) mass is 505 g/mol. The summed E-state index contributed by atoms with van der Waals surface area (Å²) >= 11 is 0. The molecule has 3 atom stereocenters. The van der Waals surface area contributed by atoms with Crippen LogP contribution in [0.2, 0.25) is 0 Å². The molecule has 192 valence electrons. The zero-order valence-corrected chi connectivity index (χ0v) is 20.9. The number of carbonyl (C=O) groups excluding carboxylic acids is 1. The number of anilines is 1. The third kappa shape index (κ3) is 4.89. The SMILES string of the molecule is CC(=O)N[C@@H]1[C@H](N)CN(c2ccncc2Cc2ncc3ccc(-c4c(F)cc(C)cc4F)nn23)C[C@@H]1C. The maximum Gasteiger partial charge on any atom is 0.217 e. The molecule has 1 amide bonds. The Balaban J connectivity index is 1.46. The Hall–Kier alpha value is -3.92. The predicted octanol–water partition coefficient (Wildman–Crippen LogP) is 3.26. The van der Waals surface area contributed by atoms with Crippen molar-refractivity contribution in [3.8, 4) is 11.3 Å². The number of carbonyl (C=O) groups is 1. The van der Waals surface area contributed by atoms with Gasteiger partial charge in [-0.05, 0) is 48.7 Å². The van der Waals surface area contributed by atoms with E-state index >= 15 is 0 Å². The number of benzene rings is 1. The summed E-state index contributed by atoms with van der Waals surface area (Å²) in [5, 5.41) is 7.51. The van der Waals surface area contributed by atoms with E-state index in [1.165, 1.54) is 19.1 Å². The van der Waals surface area contributed by atoms with Gasteiger partial charge in [0.05, 0.1) is 23.0 Å². The topological polar surface area (TPSA) is 101 Å². The van der Waals surface area contributed by atoms with Gasteiger partial charge in [0.1, 0.15) is 17.5 Å². The van der Waals surface area contributed by atoms with Gasteiger partial charge in [-0.15, -0.1) is 0 Å². The van der Waals surface area contributed by atoms with E-state index in [1.807, 2.05) is 6.07 Å². The summed E-state index contributed by atoms with van der Waals surface area (Å²) in [5.41, 5.74) is 9.58. The molecule has 4 heterocycles. The molecule has 3 aromatic heterocycles. The number of nitrogens with two attached hydrogens (primary N) is 1. The Morgan fingerprint density at radius 1 is 1.16 bits per heavy atom. The number of nitrogens with one attached hydrogen (secondary N) is 1. The molecule has 0 bridgehead atoms. The molecule has 1 aromatic carbocycles. The van der Waals surface area contributed by atoms with Crippen LogP contribution in [0.1, 0.15) is 30.8 Å². The third-order valence-electron chi connectivity index (χ3n) is 6.85. The summed E-state index contributed by atoms with van der Waals surface area (Å²) in [4.78, 5) is 22.7. The molecule has 1 fully saturated rings. The van der Waals surface area contributed by atoms with Crippen molar-refractivity contribution >= 4 is 17.1 Å². The van der Waals surface area contributed by atoms with Crippen LogP contribution >= 0.6 is 0 Å². The van der Waals surface area contributed by atoms with Crippen molar-refractivity contribution in [1.29, 1.82) is 0 Å². The van der Waals surface area contributed by atoms with Crippen molar-refractivity contribution in [1.82, 2.24) is 24.9 Å². The van der Waals surface area contributed by atoms with Crippen LogP contribution in [0, 0.1) is 24.5 Å². The lowest BCUT2D eigenvalue weighted by Gasteiger charge is -2.43. The van der Waals surface area contributed by atoms with Gasteiger partial charge in [-0.25, -0.2) is 18.3 Å². The largest absolute Gasteiger partial charge is 0.369 e. The summed E-state index contributed by atoms with van der Waals surface area (Å²) in [6.45, 7) is 6.50. The van der Waals surface area contributed by atoms with E-state index in [1.54, 1.807) is 42.2 Å². The quantitative estimate of drug-likeness (QED) is 0.432. The second-order valence-corrected chi connectivity index (χ2v) is 9.79. The number of halogens is 2. The van der Waals surface area contributed by atoms with E-state index in [2.05, 4.69) is 32.2 Å². The van der Waals surface area contributed by atoms with Gasteiger partial charge in [-0.1, -0.05) is 6.92 Å². The lowest BCUT2D eigenvalue weighted by atomic mass is 9.89. The molecular formula is C27H29F2N7O. The molecule has 0 spiro atoms. The number of imidazole rings is 1. The maximum atomic E-state index is 14.6. The summed E-state index contributed by atoms with van der Waals surface area (Å²) in [6.07, 6.45) is 5.61. The molecule has 0 radical (unpaired) electrons. The van der Waals surface area contributed by atoms with E-state index in [9.17, 15) is 13.6 Å². The Bertz CT molecular complexity index is 1440. The van der Waals surface area contributed by atoms with Gasteiger partial charge in [0.25, 0.3) is 0 Å². The molecule has 37 heavy (non-hydrogen) atoms. The first kappa shape index (κ1) is 24.8. The van der Waals surface area contributed by atoms with E-state index in [0.29, 0.717) is 36.4 Å². The molecule has 10 heteroatoms. The van der Waals surface area contributed by atoms with Crippen LogP contribution in [0.15, 0.2) is 48.9 Å². The molecule has 5 rings (SSSR count). The fraction of sp³-hybridized carbons (Fsp3) is 0.333. The van der Waals surface area contributed by atoms with E-state index in [0.717, 1.165) is 11.3 Å². The molecule has 4 aromatic rings. The van der Waals surface area contributed by atoms with E-state index in [-0.39, 0.29) is 35.2 Å². The van der Waals surface area contributed by atoms with Crippen LogP contribution in [0.25, 0.3) is 16.8 Å². The zero-order chi connectivity index (χ0) is 26.3. The van der Waals surface area contributed by atoms with Crippen molar-refractivity contribution in [2.75, 3.05) is 18.0 Å². The van der Waals surface area contributed by atoms with Crippen molar-refractivity contribution in [2.24, 2.45) is 11.7 Å². The van der Waals surface area contributed by atoms with Gasteiger partial charge in [0, 0.05) is 62.2 Å². The smallest absolute Gasteiger partial charge is 0.217 e. The highest BCUT2D eigenvalue weighted by Gasteiger charge is 2.33. The Morgan fingerprint density at radius 2 is 1.92 bits per heavy atom. The minimum Gasteiger partial charge on any atom is -0.369 e. The van der Waals surface area contributed by atoms with Gasteiger partial charge >= 0.3 is 0 Å². The standard InChI is InChI=1S/C27H29F2N7O/c1-15-8-20(28)26(21(29)9-15)23-5-4-19-12-32-25(36(19)34-23)10-18-11-31-7-6-24(18)35-13-16(2)27(22(30)14-35)33-17(3)37/h4-9,11-12,16,22,27H,10,13-14,30H2,1-3H3,(H,33,37)/t16-,22+,27-/m0/s1. The van der Waals surface area contributed by atoms with Crippen molar-refractivity contribution in [3.63, 3.8) is 0 Å². The van der Waals surface area contributed by atoms with E-state index < -0.39 is 11.6 Å². The molecule has 8 nitrogen and oxygen atoms in total. The molecule has 0 aliphatic carbocycles. The molecule has 1 aliphatic heterocycles. The normalized spacial score (nSPS) is 19.8. The molecule has 1 aliphatic rings. The van der Waals surface area contributed by atoms with Crippen LogP contribution < -0.4 is 16.0 Å². The number of rotatable bonds is 5. The molecular weight excluding hydrogens is 476 g/mol. The number of nitrogens with zero attached hydrogens (tertiary/aromatic N) is 5. The number of piperidine rings is 1. The van der Waals surface area contributed by atoms with Gasteiger partial charge < -0.3 is 16.0 Å². The fourth-order valence-electron chi connectivity index (χ4n) is 5.17. The van der Waals surface area contributed by atoms with Crippen LogP contribution in [0.5, 0.6) is 0 Å². The lowest BCUT2D eigenvalue weighted by molar-refractivity contribution is -0.120. The number of aromatic nitrogens is 4. The fourth-order valence-corrected chi connectivity index (χ4v) is 5.17. The third-order valence-corrected chi connectivity index (χ3v) is 6.85. The van der Waals surface area contributed by atoms with Gasteiger partial charge in [0.15, 0.2) is 0 Å². The van der Waals surface area contributed by atoms with Crippen LogP contribution in [-0.4, -0.2) is 50.7 Å². The zero-order valence-electron chi connectivity index (χ0n) is 20.9. The maximum absolute atomic E-state index is 14.6. The summed E-state index contributed by atoms with van der Waals surface area (Å²) in [7, 11) is 0. The molecule has 1 saturated heterocycles. The summed E-state index contributed by atoms with van der Waals surface area (Å²) < 4.78 is 30.9. The first-order chi connectivity index (χ1) is 17.7. The number of pyridine rings is 1. The van der Waals surface area contributed by atoms with Crippen molar-refractivity contribution < 1.29 is 13.6 Å². The number of aryl methyl sites for hydroxylation is 1. The summed E-state index contributed by atoms with van der Waals surface area (Å²) in [5.74, 6) is -0.648. The van der Waals surface area contributed by atoms with Gasteiger partial charge in [0.2, 0.25) is 5.91 Å². The highest BCUT2D eigenvalue weighted by Crippen LogP contribution is 2.29. The van der Waals surface area contributed by atoms with Crippen LogP contribution in [-0.2, 0) is 11.2 Å². The predicted molar refractivity (Wildman–Crippen MR) is 137 cm³/mol. The van der Waals surface area contributed by atoms with Crippen molar-refractivity contribution in [3.05, 3.63) is 77.5 Å². The van der Waals surface area contributed by atoms with Crippen molar-refractivity contribution in [2.45, 2.75) is 39.3 Å². The Morgan fingerprint density at radius 3 is 2.62 bits per heavy atom.